The summed E-state index contributed by atoms with van der Waals surface area (Å²) in [5.41, 5.74) is 1.90. The topological polar surface area (TPSA) is 118 Å². The van der Waals surface area contributed by atoms with Gasteiger partial charge in [-0.15, -0.1) is 0 Å². The van der Waals surface area contributed by atoms with Gasteiger partial charge in [-0.2, -0.15) is 0 Å². The van der Waals surface area contributed by atoms with Crippen molar-refractivity contribution >= 4 is 29.4 Å². The molecule has 1 aromatic heterocycles. The highest BCUT2D eigenvalue weighted by molar-refractivity contribution is 5.97. The van der Waals surface area contributed by atoms with E-state index in [2.05, 4.69) is 10.6 Å². The Bertz CT molecular complexity index is 878. The number of para-hydroxylation sites is 1. The zero-order valence-corrected chi connectivity index (χ0v) is 15.0. The molecular formula is C19H19N3O6. The molecule has 0 spiro atoms. The van der Waals surface area contributed by atoms with Crippen LogP contribution in [0.4, 0.5) is 5.69 Å². The second-order valence-corrected chi connectivity index (χ2v) is 6.02. The lowest BCUT2D eigenvalue weighted by molar-refractivity contribution is -0.147. The number of benzene rings is 1. The highest BCUT2D eigenvalue weighted by atomic mass is 16.5. The molecule has 2 aromatic rings. The fourth-order valence-corrected chi connectivity index (χ4v) is 2.76. The number of nitrogens with zero attached hydrogens (tertiary/aromatic N) is 1. The van der Waals surface area contributed by atoms with Crippen LogP contribution >= 0.6 is 0 Å². The summed E-state index contributed by atoms with van der Waals surface area (Å²) in [5.74, 6) is -2.10. The van der Waals surface area contributed by atoms with Gasteiger partial charge in [0.15, 0.2) is 12.4 Å². The fourth-order valence-electron chi connectivity index (χ4n) is 2.76. The summed E-state index contributed by atoms with van der Waals surface area (Å²) < 4.78 is 9.81. The van der Waals surface area contributed by atoms with Crippen LogP contribution in [0.25, 0.3) is 0 Å². The van der Waals surface area contributed by atoms with Crippen LogP contribution in [-0.2, 0) is 25.5 Å². The van der Waals surface area contributed by atoms with Crippen LogP contribution in [0.1, 0.15) is 16.1 Å². The van der Waals surface area contributed by atoms with E-state index >= 15 is 0 Å². The zero-order valence-electron chi connectivity index (χ0n) is 15.0. The van der Waals surface area contributed by atoms with Gasteiger partial charge in [0.25, 0.3) is 11.8 Å². The highest BCUT2D eigenvalue weighted by Gasteiger charge is 2.24. The van der Waals surface area contributed by atoms with Crippen molar-refractivity contribution in [2.45, 2.75) is 6.42 Å². The number of hydrogen-bond acceptors (Lipinski definition) is 6. The Kier molecular flexibility index (Phi) is 6.05. The monoisotopic (exact) mass is 385 g/mol. The van der Waals surface area contributed by atoms with Gasteiger partial charge in [-0.3, -0.25) is 19.2 Å². The van der Waals surface area contributed by atoms with Gasteiger partial charge in [0.2, 0.25) is 5.91 Å². The Labute approximate surface area is 160 Å². The third kappa shape index (κ3) is 4.76. The first kappa shape index (κ1) is 19.2. The molecule has 2 heterocycles. The molecule has 0 aliphatic carbocycles. The molecule has 0 saturated carbocycles. The molecule has 1 aliphatic heterocycles. The summed E-state index contributed by atoms with van der Waals surface area (Å²) in [4.78, 5) is 48.8. The Balaban J connectivity index is 1.35. The van der Waals surface area contributed by atoms with E-state index in [4.69, 9.17) is 9.15 Å². The quantitative estimate of drug-likeness (QED) is 0.660. The first-order chi connectivity index (χ1) is 13.5. The van der Waals surface area contributed by atoms with Crippen molar-refractivity contribution < 1.29 is 28.3 Å². The van der Waals surface area contributed by atoms with Crippen LogP contribution in [0.5, 0.6) is 0 Å². The summed E-state index contributed by atoms with van der Waals surface area (Å²) >= 11 is 0. The first-order valence-electron chi connectivity index (χ1n) is 8.67. The van der Waals surface area contributed by atoms with Gasteiger partial charge in [0.1, 0.15) is 6.54 Å². The fraction of sp³-hybridized carbons (Fsp3) is 0.263. The SMILES string of the molecule is O=C(CNC(=O)c1ccco1)NCC(=O)OCC(=O)N1CCc2ccccc21. The van der Waals surface area contributed by atoms with Crippen molar-refractivity contribution in [3.8, 4) is 0 Å². The molecule has 2 N–H and O–H groups in total. The van der Waals surface area contributed by atoms with Crippen molar-refractivity contribution in [2.24, 2.45) is 0 Å². The number of esters is 1. The number of hydrogen-bond donors (Lipinski definition) is 2. The summed E-state index contributed by atoms with van der Waals surface area (Å²) in [7, 11) is 0. The maximum absolute atomic E-state index is 12.2. The van der Waals surface area contributed by atoms with Gasteiger partial charge in [0, 0.05) is 12.2 Å². The number of ether oxygens (including phenoxy) is 1. The van der Waals surface area contributed by atoms with E-state index in [0.29, 0.717) is 6.54 Å². The normalized spacial score (nSPS) is 12.2. The average Bonchev–Trinajstić information content (AvgIpc) is 3.38. The molecule has 9 heteroatoms. The van der Waals surface area contributed by atoms with Gasteiger partial charge in [-0.25, -0.2) is 0 Å². The number of fused-ring (bicyclic) bond motifs is 1. The van der Waals surface area contributed by atoms with Crippen LogP contribution in [0.2, 0.25) is 0 Å². The second-order valence-electron chi connectivity index (χ2n) is 6.02. The van der Waals surface area contributed by atoms with Crippen molar-refractivity contribution in [1.29, 1.82) is 0 Å². The van der Waals surface area contributed by atoms with Gasteiger partial charge in [-0.1, -0.05) is 18.2 Å². The summed E-state index contributed by atoms with van der Waals surface area (Å²) in [5, 5.41) is 4.66. The lowest BCUT2D eigenvalue weighted by Crippen LogP contribution is -2.40. The number of amides is 3. The number of furan rings is 1. The Morgan fingerprint density at radius 1 is 1.04 bits per heavy atom. The van der Waals surface area contributed by atoms with Gasteiger partial charge < -0.3 is 24.7 Å². The Morgan fingerprint density at radius 2 is 1.86 bits per heavy atom. The first-order valence-corrected chi connectivity index (χ1v) is 8.67. The minimum absolute atomic E-state index is 0.0780. The van der Waals surface area contributed by atoms with E-state index in [0.717, 1.165) is 17.7 Å². The third-order valence-corrected chi connectivity index (χ3v) is 4.13. The van der Waals surface area contributed by atoms with Crippen LogP contribution in [0.15, 0.2) is 47.1 Å². The Morgan fingerprint density at radius 3 is 2.64 bits per heavy atom. The van der Waals surface area contributed by atoms with E-state index < -0.39 is 30.9 Å². The minimum atomic E-state index is -0.744. The van der Waals surface area contributed by atoms with E-state index in [1.165, 1.54) is 12.3 Å². The molecule has 0 bridgehead atoms. The minimum Gasteiger partial charge on any atom is -0.459 e. The molecule has 146 valence electrons. The number of nitrogens with one attached hydrogen (secondary N) is 2. The molecule has 3 rings (SSSR count). The van der Waals surface area contributed by atoms with Gasteiger partial charge in [-0.05, 0) is 30.2 Å². The number of carbonyl (C=O) groups is 4. The molecule has 0 unspecified atom stereocenters. The molecule has 0 fully saturated rings. The maximum Gasteiger partial charge on any atom is 0.325 e. The molecule has 3 amide bonds. The predicted octanol–water partition coefficient (Wildman–Crippen LogP) is 0.258. The average molecular weight is 385 g/mol. The van der Waals surface area contributed by atoms with Gasteiger partial charge >= 0.3 is 5.97 Å². The molecule has 28 heavy (non-hydrogen) atoms. The third-order valence-electron chi connectivity index (χ3n) is 4.13. The molecule has 1 aromatic carbocycles. The van der Waals surface area contributed by atoms with Crippen molar-refractivity contribution in [1.82, 2.24) is 10.6 Å². The lowest BCUT2D eigenvalue weighted by atomic mass is 10.2. The number of anilines is 1. The van der Waals surface area contributed by atoms with Crippen molar-refractivity contribution in [3.05, 3.63) is 54.0 Å². The van der Waals surface area contributed by atoms with Crippen LogP contribution in [0, 0.1) is 0 Å². The zero-order chi connectivity index (χ0) is 19.9. The van der Waals surface area contributed by atoms with Crippen LogP contribution < -0.4 is 15.5 Å². The molecule has 0 radical (unpaired) electrons. The smallest absolute Gasteiger partial charge is 0.325 e. The molecule has 1 aliphatic rings. The van der Waals surface area contributed by atoms with E-state index in [9.17, 15) is 19.2 Å². The standard InChI is InChI=1S/C19H19N3O6/c23-16(10-21-19(26)15-6-3-9-27-15)20-11-18(25)28-12-17(24)22-8-7-13-4-1-2-5-14(13)22/h1-6,9H,7-8,10-12H2,(H,20,23)(H,21,26). The summed E-state index contributed by atoms with van der Waals surface area (Å²) in [6, 6.07) is 10.6. The molecule has 0 saturated heterocycles. The molecular weight excluding hydrogens is 366 g/mol. The molecule has 0 atom stereocenters. The van der Waals surface area contributed by atoms with E-state index in [1.807, 2.05) is 24.3 Å². The predicted molar refractivity (Wildman–Crippen MR) is 97.5 cm³/mol. The van der Waals surface area contributed by atoms with Gasteiger partial charge in [0.05, 0.1) is 12.8 Å². The lowest BCUT2D eigenvalue weighted by Gasteiger charge is -2.17. The van der Waals surface area contributed by atoms with Crippen LogP contribution in [0.3, 0.4) is 0 Å². The van der Waals surface area contributed by atoms with E-state index in [-0.39, 0.29) is 18.2 Å². The number of carbonyl (C=O) groups excluding carboxylic acids is 4. The van der Waals surface area contributed by atoms with Crippen molar-refractivity contribution in [2.75, 3.05) is 31.1 Å². The van der Waals surface area contributed by atoms with E-state index in [1.54, 1.807) is 11.0 Å². The largest absolute Gasteiger partial charge is 0.459 e. The maximum atomic E-state index is 12.2. The second kappa shape index (κ2) is 8.85. The highest BCUT2D eigenvalue weighted by Crippen LogP contribution is 2.27. The Hall–Kier alpha value is -3.62. The summed E-state index contributed by atoms with van der Waals surface area (Å²) in [6.45, 7) is -0.588. The van der Waals surface area contributed by atoms with Crippen LogP contribution in [-0.4, -0.2) is 49.9 Å². The molecule has 9 nitrogen and oxygen atoms in total. The summed E-state index contributed by atoms with van der Waals surface area (Å²) in [6.07, 6.45) is 2.10. The van der Waals surface area contributed by atoms with Crippen molar-refractivity contribution in [3.63, 3.8) is 0 Å². The number of rotatable bonds is 7.